The Morgan fingerprint density at radius 3 is 2.62 bits per heavy atom. The molecule has 0 aliphatic carbocycles. The molecule has 9 nitrogen and oxygen atoms in total. The van der Waals surface area contributed by atoms with Crippen LogP contribution in [0.4, 0.5) is 0 Å². The molecule has 1 N–H and O–H groups in total. The summed E-state index contributed by atoms with van der Waals surface area (Å²) in [6.45, 7) is 2.43. The molecule has 2 aromatic heterocycles. The minimum atomic E-state index is -3.81. The molecule has 4 heterocycles. The summed E-state index contributed by atoms with van der Waals surface area (Å²) in [4.78, 5) is 17.8. The van der Waals surface area contributed by atoms with Gasteiger partial charge < -0.3 is 9.52 Å². The van der Waals surface area contributed by atoms with E-state index in [-0.39, 0.29) is 22.2 Å². The van der Waals surface area contributed by atoms with E-state index in [4.69, 9.17) is 4.42 Å². The van der Waals surface area contributed by atoms with Gasteiger partial charge in [-0.25, -0.2) is 13.4 Å². The minimum Gasteiger partial charge on any atom is -0.508 e. The summed E-state index contributed by atoms with van der Waals surface area (Å²) in [7, 11) is -3.81. The number of pyridine rings is 1. The Bertz CT molecular complexity index is 1360. The lowest BCUT2D eigenvalue weighted by atomic mass is 9.98. The maximum absolute atomic E-state index is 13.7. The fraction of sp³-hybridized carbons (Fsp3) is 0.292. The predicted octanol–water partition coefficient (Wildman–Crippen LogP) is 3.46. The van der Waals surface area contributed by atoms with Gasteiger partial charge in [0, 0.05) is 49.1 Å². The number of hydrazone groups is 1. The Morgan fingerprint density at radius 1 is 1.15 bits per heavy atom. The van der Waals surface area contributed by atoms with Gasteiger partial charge in [-0.05, 0) is 31.9 Å². The lowest BCUT2D eigenvalue weighted by Gasteiger charge is -2.22. The van der Waals surface area contributed by atoms with E-state index in [0.717, 1.165) is 18.4 Å². The maximum atomic E-state index is 13.7. The second-order valence-electron chi connectivity index (χ2n) is 8.36. The van der Waals surface area contributed by atoms with E-state index < -0.39 is 22.0 Å². The third-order valence-electron chi connectivity index (χ3n) is 6.19. The van der Waals surface area contributed by atoms with E-state index in [1.807, 2.05) is 6.07 Å². The first-order valence-corrected chi connectivity index (χ1v) is 12.5. The van der Waals surface area contributed by atoms with Gasteiger partial charge in [-0.15, -0.1) is 0 Å². The highest BCUT2D eigenvalue weighted by Gasteiger charge is 2.38. The number of carbonyl (C=O) groups excluding carboxylic acids is 1. The molecule has 0 bridgehead atoms. The molecule has 0 saturated carbocycles. The summed E-state index contributed by atoms with van der Waals surface area (Å²) in [5, 5.41) is 16.1. The highest BCUT2D eigenvalue weighted by molar-refractivity contribution is 7.89. The fourth-order valence-corrected chi connectivity index (χ4v) is 5.88. The van der Waals surface area contributed by atoms with Gasteiger partial charge in [0.2, 0.25) is 5.09 Å². The van der Waals surface area contributed by atoms with Gasteiger partial charge in [-0.2, -0.15) is 9.41 Å². The largest absolute Gasteiger partial charge is 0.508 e. The zero-order chi connectivity index (χ0) is 23.9. The van der Waals surface area contributed by atoms with Crippen molar-refractivity contribution in [3.8, 4) is 5.75 Å². The molecule has 176 valence electrons. The van der Waals surface area contributed by atoms with Crippen molar-refractivity contribution in [2.45, 2.75) is 37.3 Å². The fourth-order valence-electron chi connectivity index (χ4n) is 4.39. The molecular formula is C24H24N4O5S. The number of carbonyl (C=O) groups is 1. The van der Waals surface area contributed by atoms with Gasteiger partial charge in [0.05, 0.1) is 17.3 Å². The summed E-state index contributed by atoms with van der Waals surface area (Å²) < 4.78 is 32.8. The molecule has 10 heteroatoms. The molecule has 34 heavy (non-hydrogen) atoms. The number of phenolic OH excluding ortho intramolecular Hbond substituents is 1. The average Bonchev–Trinajstić information content (AvgIpc) is 3.60. The molecule has 1 fully saturated rings. The molecule has 0 spiro atoms. The molecule has 1 unspecified atom stereocenters. The molecular weight excluding hydrogens is 456 g/mol. The summed E-state index contributed by atoms with van der Waals surface area (Å²) in [6.07, 6.45) is 5.28. The van der Waals surface area contributed by atoms with Crippen molar-refractivity contribution in [1.29, 1.82) is 0 Å². The van der Waals surface area contributed by atoms with Crippen molar-refractivity contribution < 1.29 is 22.7 Å². The summed E-state index contributed by atoms with van der Waals surface area (Å²) >= 11 is 0. The number of rotatable bonds is 5. The van der Waals surface area contributed by atoms with Crippen LogP contribution in [-0.4, -0.2) is 52.5 Å². The van der Waals surface area contributed by atoms with Crippen molar-refractivity contribution in [1.82, 2.24) is 14.3 Å². The lowest BCUT2D eigenvalue weighted by Crippen LogP contribution is -2.28. The topological polar surface area (TPSA) is 116 Å². The Kier molecular flexibility index (Phi) is 5.70. The smallest absolute Gasteiger partial charge is 0.278 e. The van der Waals surface area contributed by atoms with Crippen LogP contribution in [-0.2, 0) is 10.0 Å². The van der Waals surface area contributed by atoms with Crippen LogP contribution in [0.2, 0.25) is 0 Å². The first-order valence-electron chi connectivity index (χ1n) is 11.1. The monoisotopic (exact) mass is 480 g/mol. The summed E-state index contributed by atoms with van der Waals surface area (Å²) in [5.41, 5.74) is 2.07. The number of benzene rings is 1. The first-order chi connectivity index (χ1) is 16.4. The molecule has 1 atom stereocenters. The first kappa shape index (κ1) is 22.3. The number of para-hydroxylation sites is 1. The van der Waals surface area contributed by atoms with Crippen molar-refractivity contribution in [2.24, 2.45) is 5.10 Å². The molecule has 3 aromatic rings. The van der Waals surface area contributed by atoms with E-state index in [1.54, 1.807) is 49.6 Å². The molecule has 5 rings (SSSR count). The highest BCUT2D eigenvalue weighted by atomic mass is 32.2. The molecule has 2 aliphatic rings. The van der Waals surface area contributed by atoms with Crippen LogP contribution in [0, 0.1) is 6.92 Å². The summed E-state index contributed by atoms with van der Waals surface area (Å²) in [6, 6.07) is 11.1. The quantitative estimate of drug-likeness (QED) is 0.598. The van der Waals surface area contributed by atoms with Gasteiger partial charge in [-0.3, -0.25) is 9.78 Å². The second kappa shape index (κ2) is 8.69. The van der Waals surface area contributed by atoms with E-state index in [0.29, 0.717) is 30.8 Å². The maximum Gasteiger partial charge on any atom is 0.278 e. The number of aryl methyl sites for hydroxylation is 1. The Hall–Kier alpha value is -3.50. The van der Waals surface area contributed by atoms with Crippen LogP contribution in [0.25, 0.3) is 0 Å². The van der Waals surface area contributed by atoms with Gasteiger partial charge in [0.15, 0.2) is 0 Å². The van der Waals surface area contributed by atoms with Crippen molar-refractivity contribution >= 4 is 21.6 Å². The number of amides is 1. The molecule has 1 saturated heterocycles. The molecule has 1 amide bonds. The van der Waals surface area contributed by atoms with Gasteiger partial charge >= 0.3 is 0 Å². The van der Waals surface area contributed by atoms with Gasteiger partial charge in [-0.1, -0.05) is 24.3 Å². The highest BCUT2D eigenvalue weighted by Crippen LogP contribution is 2.38. The van der Waals surface area contributed by atoms with Crippen LogP contribution >= 0.6 is 0 Å². The number of furan rings is 1. The van der Waals surface area contributed by atoms with Crippen molar-refractivity contribution in [3.63, 3.8) is 0 Å². The minimum absolute atomic E-state index is 0.0501. The molecule has 0 radical (unpaired) electrons. The predicted molar refractivity (Wildman–Crippen MR) is 124 cm³/mol. The Labute approximate surface area is 197 Å². The van der Waals surface area contributed by atoms with Crippen molar-refractivity contribution in [3.05, 3.63) is 77.3 Å². The van der Waals surface area contributed by atoms with E-state index in [2.05, 4.69) is 10.1 Å². The zero-order valence-corrected chi connectivity index (χ0v) is 19.4. The van der Waals surface area contributed by atoms with Crippen LogP contribution in [0.3, 0.4) is 0 Å². The lowest BCUT2D eigenvalue weighted by molar-refractivity contribution is 0.0708. The number of aromatic hydroxyl groups is 1. The van der Waals surface area contributed by atoms with Gasteiger partial charge in [0.1, 0.15) is 11.5 Å². The van der Waals surface area contributed by atoms with E-state index in [9.17, 15) is 18.3 Å². The zero-order valence-electron chi connectivity index (χ0n) is 18.6. The number of hydrogen-bond acceptors (Lipinski definition) is 7. The Morgan fingerprint density at radius 2 is 1.91 bits per heavy atom. The third kappa shape index (κ3) is 3.88. The van der Waals surface area contributed by atoms with Crippen LogP contribution in [0.15, 0.2) is 69.5 Å². The number of nitrogens with zero attached hydrogens (tertiary/aromatic N) is 4. The standard InChI is InChI=1S/C24H24N4O5S/c1-16-19(13-23(33-16)34(31,32)27-11-4-5-12-27)24(30)28-21(18-8-2-3-9-22(18)29)14-20(26-28)17-7-6-10-25-15-17/h2-3,6-10,13,15,21,29H,4-5,11-12,14H2,1H3. The summed E-state index contributed by atoms with van der Waals surface area (Å²) in [5.74, 6) is -0.255. The number of aromatic nitrogens is 1. The van der Waals surface area contributed by atoms with Crippen LogP contribution in [0.1, 0.15) is 52.5 Å². The average molecular weight is 481 g/mol. The number of phenols is 1. The second-order valence-corrected chi connectivity index (χ2v) is 10.2. The third-order valence-corrected chi connectivity index (χ3v) is 7.95. The number of hydrogen-bond donors (Lipinski definition) is 1. The van der Waals surface area contributed by atoms with Crippen LogP contribution in [0.5, 0.6) is 5.75 Å². The normalized spacial score (nSPS) is 18.9. The van der Waals surface area contributed by atoms with Crippen molar-refractivity contribution in [2.75, 3.05) is 13.1 Å². The van der Waals surface area contributed by atoms with E-state index in [1.165, 1.54) is 15.4 Å². The molecule has 2 aliphatic heterocycles. The van der Waals surface area contributed by atoms with E-state index >= 15 is 0 Å². The SMILES string of the molecule is Cc1oc(S(=O)(=O)N2CCCC2)cc1C(=O)N1N=C(c2cccnc2)CC1c1ccccc1O. The molecule has 1 aromatic carbocycles. The number of sulfonamides is 1. The Balaban J connectivity index is 1.53. The van der Waals surface area contributed by atoms with Gasteiger partial charge in [0.25, 0.3) is 15.9 Å². The van der Waals surface area contributed by atoms with Crippen LogP contribution < -0.4 is 0 Å².